The van der Waals surface area contributed by atoms with E-state index in [0.717, 1.165) is 12.3 Å². The van der Waals surface area contributed by atoms with Gasteiger partial charge in [-0.25, -0.2) is 27.3 Å². The van der Waals surface area contributed by atoms with Crippen LogP contribution in [0.3, 0.4) is 0 Å². The number of rotatable bonds is 7. The maximum absolute atomic E-state index is 14.2. The first-order chi connectivity index (χ1) is 14.7. The molecule has 0 saturated heterocycles. The minimum absolute atomic E-state index is 0.0254. The first kappa shape index (κ1) is 21.9. The maximum atomic E-state index is 14.2. The molecule has 0 radical (unpaired) electrons. The predicted molar refractivity (Wildman–Crippen MR) is 112 cm³/mol. The summed E-state index contributed by atoms with van der Waals surface area (Å²) in [5, 5.41) is 10.6. The Morgan fingerprint density at radius 2 is 1.84 bits per heavy atom. The number of ether oxygens (including phenoxy) is 1. The van der Waals surface area contributed by atoms with Crippen LogP contribution in [0.15, 0.2) is 47.5 Å². The highest BCUT2D eigenvalue weighted by Crippen LogP contribution is 2.26. The molecule has 0 spiro atoms. The zero-order chi connectivity index (χ0) is 22.6. The van der Waals surface area contributed by atoms with E-state index in [-0.39, 0.29) is 34.7 Å². The number of halogens is 2. The molecule has 0 aliphatic rings. The second-order valence-corrected chi connectivity index (χ2v) is 7.83. The van der Waals surface area contributed by atoms with E-state index in [9.17, 15) is 17.2 Å². The van der Waals surface area contributed by atoms with Crippen molar-refractivity contribution in [3.05, 3.63) is 59.8 Å². The average Bonchev–Trinajstić information content (AvgIpc) is 2.70. The molecule has 1 aromatic heterocycles. The van der Waals surface area contributed by atoms with E-state index in [0.29, 0.717) is 11.3 Å². The Bertz CT molecular complexity index is 1280. The van der Waals surface area contributed by atoms with Crippen molar-refractivity contribution in [1.29, 1.82) is 0 Å². The molecule has 3 rings (SSSR count). The van der Waals surface area contributed by atoms with Crippen molar-refractivity contribution in [1.82, 2.24) is 9.97 Å². The Hall–Kier alpha value is -3.75. The zero-order valence-corrected chi connectivity index (χ0v) is 17.0. The van der Waals surface area contributed by atoms with Crippen LogP contribution >= 0.6 is 0 Å². The third kappa shape index (κ3) is 5.44. The highest BCUT2D eigenvalue weighted by atomic mass is 32.2. The summed E-state index contributed by atoms with van der Waals surface area (Å²) < 4.78 is 56.6. The minimum Gasteiger partial charge on any atom is -0.478 e. The van der Waals surface area contributed by atoms with Gasteiger partial charge in [-0.3, -0.25) is 0 Å². The van der Waals surface area contributed by atoms with Crippen molar-refractivity contribution < 1.29 is 21.9 Å². The molecule has 0 bridgehead atoms. The number of primary sulfonamides is 1. The topological polar surface area (TPSA) is 119 Å². The molecule has 0 aliphatic carbocycles. The van der Waals surface area contributed by atoms with Crippen molar-refractivity contribution >= 4 is 33.2 Å². The smallest absolute Gasteiger partial charge is 0.238 e. The molecule has 0 atom stereocenters. The first-order valence-corrected chi connectivity index (χ1v) is 10.3. The summed E-state index contributed by atoms with van der Waals surface area (Å²) in [6, 6.07) is 8.36. The molecule has 31 heavy (non-hydrogen) atoms. The number of nitrogens with one attached hydrogen (secondary N) is 2. The highest BCUT2D eigenvalue weighted by molar-refractivity contribution is 7.89. The van der Waals surface area contributed by atoms with Crippen LogP contribution in [0.25, 0.3) is 0 Å². The van der Waals surface area contributed by atoms with Gasteiger partial charge in [0.1, 0.15) is 6.61 Å². The third-order valence-electron chi connectivity index (χ3n) is 4.00. The number of hydrogen-bond donors (Lipinski definition) is 3. The highest BCUT2D eigenvalue weighted by Gasteiger charge is 2.14. The number of anilines is 4. The number of aryl methyl sites for hydroxylation is 1. The van der Waals surface area contributed by atoms with Crippen LogP contribution in [0.2, 0.25) is 0 Å². The Labute approximate surface area is 177 Å². The van der Waals surface area contributed by atoms with Crippen molar-refractivity contribution in [2.24, 2.45) is 5.14 Å². The molecule has 3 aromatic rings. The third-order valence-corrected chi connectivity index (χ3v) is 5.05. The van der Waals surface area contributed by atoms with E-state index < -0.39 is 21.7 Å². The number of terminal acetylenes is 1. The van der Waals surface area contributed by atoms with Gasteiger partial charge in [0.15, 0.2) is 23.2 Å². The van der Waals surface area contributed by atoms with Crippen LogP contribution in [-0.4, -0.2) is 25.0 Å². The average molecular weight is 445 g/mol. The molecule has 1 heterocycles. The molecule has 0 amide bonds. The van der Waals surface area contributed by atoms with Crippen LogP contribution in [0.4, 0.5) is 31.9 Å². The largest absolute Gasteiger partial charge is 0.478 e. The van der Waals surface area contributed by atoms with Crippen LogP contribution in [0.1, 0.15) is 5.56 Å². The van der Waals surface area contributed by atoms with Crippen molar-refractivity contribution in [3.63, 3.8) is 0 Å². The normalized spacial score (nSPS) is 10.9. The van der Waals surface area contributed by atoms with Crippen LogP contribution < -0.4 is 20.5 Å². The minimum atomic E-state index is -3.93. The zero-order valence-electron chi connectivity index (χ0n) is 16.2. The van der Waals surface area contributed by atoms with Gasteiger partial charge in [0.2, 0.25) is 16.0 Å². The predicted octanol–water partition coefficient (Wildman–Crippen LogP) is 3.21. The van der Waals surface area contributed by atoms with Gasteiger partial charge in [0.25, 0.3) is 0 Å². The summed E-state index contributed by atoms with van der Waals surface area (Å²) in [6.45, 7) is 1.51. The first-order valence-electron chi connectivity index (χ1n) is 8.73. The molecule has 8 nitrogen and oxygen atoms in total. The van der Waals surface area contributed by atoms with Gasteiger partial charge in [0, 0.05) is 17.4 Å². The second kappa shape index (κ2) is 8.95. The van der Waals surface area contributed by atoms with Gasteiger partial charge in [0.05, 0.1) is 11.1 Å². The van der Waals surface area contributed by atoms with Gasteiger partial charge in [-0.05, 0) is 36.8 Å². The van der Waals surface area contributed by atoms with E-state index in [1.54, 1.807) is 19.1 Å². The number of benzene rings is 2. The molecule has 0 aliphatic heterocycles. The van der Waals surface area contributed by atoms with Gasteiger partial charge in [-0.1, -0.05) is 12.0 Å². The molecule has 160 valence electrons. The fourth-order valence-electron chi connectivity index (χ4n) is 2.58. The fourth-order valence-corrected chi connectivity index (χ4v) is 3.39. The van der Waals surface area contributed by atoms with Crippen molar-refractivity contribution in [3.8, 4) is 18.1 Å². The molecule has 11 heteroatoms. The molecule has 0 saturated carbocycles. The summed E-state index contributed by atoms with van der Waals surface area (Å²) in [6.07, 6.45) is 5.98. The lowest BCUT2D eigenvalue weighted by Gasteiger charge is -2.12. The van der Waals surface area contributed by atoms with Crippen molar-refractivity contribution in [2.45, 2.75) is 11.8 Å². The van der Waals surface area contributed by atoms with Gasteiger partial charge in [-0.15, -0.1) is 6.42 Å². The second-order valence-electron chi connectivity index (χ2n) is 6.30. The summed E-state index contributed by atoms with van der Waals surface area (Å²) in [5.41, 5.74) is 1.00. The summed E-state index contributed by atoms with van der Waals surface area (Å²) in [7, 11) is -3.93. The Balaban J connectivity index is 1.83. The number of aromatic nitrogens is 2. The number of nitrogens with two attached hydrogens (primary N) is 1. The lowest BCUT2D eigenvalue weighted by molar-refractivity contribution is 0.348. The molecular formula is C20H17F2N5O3S. The van der Waals surface area contributed by atoms with Crippen molar-refractivity contribution in [2.75, 3.05) is 17.2 Å². The lowest BCUT2D eigenvalue weighted by Crippen LogP contribution is -2.14. The molecule has 0 unspecified atom stereocenters. The molecular weight excluding hydrogens is 428 g/mol. The van der Waals surface area contributed by atoms with Crippen LogP contribution in [0.5, 0.6) is 5.75 Å². The Morgan fingerprint density at radius 3 is 2.52 bits per heavy atom. The van der Waals surface area contributed by atoms with E-state index in [1.165, 1.54) is 18.2 Å². The monoisotopic (exact) mass is 445 g/mol. The van der Waals surface area contributed by atoms with Gasteiger partial charge < -0.3 is 15.4 Å². The van der Waals surface area contributed by atoms with E-state index in [4.69, 9.17) is 16.3 Å². The van der Waals surface area contributed by atoms with Gasteiger partial charge >= 0.3 is 0 Å². The molecule has 0 fully saturated rings. The van der Waals surface area contributed by atoms with Gasteiger partial charge in [-0.2, -0.15) is 4.98 Å². The number of nitrogens with zero attached hydrogens (tertiary/aromatic N) is 2. The summed E-state index contributed by atoms with van der Waals surface area (Å²) >= 11 is 0. The fraction of sp³-hybridized carbons (Fsp3) is 0.100. The SMILES string of the molecule is C#CCOc1ccc(Nc2nc(Nc3ccc(C)c(S(N)(=O)=O)c3)ncc2F)cc1F. The standard InChI is InChI=1S/C20H17F2N5O3S/c1-3-8-30-17-7-6-13(9-15(17)21)25-19-16(22)11-24-20(27-19)26-14-5-4-12(2)18(10-14)31(23,28)29/h1,4-7,9-11H,8H2,2H3,(H2,23,28,29)(H2,24,25,26,27). The Morgan fingerprint density at radius 1 is 1.13 bits per heavy atom. The van der Waals surface area contributed by atoms with Crippen LogP contribution in [0, 0.1) is 30.9 Å². The lowest BCUT2D eigenvalue weighted by atomic mass is 10.2. The Kier molecular flexibility index (Phi) is 6.33. The summed E-state index contributed by atoms with van der Waals surface area (Å²) in [5.74, 6) is 0.455. The number of sulfonamides is 1. The molecule has 4 N–H and O–H groups in total. The quantitative estimate of drug-likeness (QED) is 0.478. The maximum Gasteiger partial charge on any atom is 0.238 e. The van der Waals surface area contributed by atoms with E-state index >= 15 is 0 Å². The molecule has 2 aromatic carbocycles. The summed E-state index contributed by atoms with van der Waals surface area (Å²) in [4.78, 5) is 7.77. The van der Waals surface area contributed by atoms with E-state index in [2.05, 4.69) is 26.5 Å². The number of hydrogen-bond acceptors (Lipinski definition) is 7. The van der Waals surface area contributed by atoms with E-state index in [1.807, 2.05) is 0 Å². The van der Waals surface area contributed by atoms with Crippen LogP contribution in [-0.2, 0) is 10.0 Å².